The van der Waals surface area contributed by atoms with Crippen molar-refractivity contribution in [1.82, 2.24) is 4.57 Å². The van der Waals surface area contributed by atoms with Crippen molar-refractivity contribution < 1.29 is 4.79 Å². The summed E-state index contributed by atoms with van der Waals surface area (Å²) in [6.07, 6.45) is 10.8. The summed E-state index contributed by atoms with van der Waals surface area (Å²) in [5, 5.41) is 0.688. The van der Waals surface area contributed by atoms with Crippen LogP contribution in [0.25, 0.3) is 6.08 Å². The molecule has 176 valence electrons. The fourth-order valence-electron chi connectivity index (χ4n) is 3.96. The molecular weight excluding hydrogens is 438 g/mol. The van der Waals surface area contributed by atoms with Gasteiger partial charge in [0.25, 0.3) is 5.91 Å². The predicted octanol–water partition coefficient (Wildman–Crippen LogP) is 7.52. The molecule has 0 aliphatic carbocycles. The van der Waals surface area contributed by atoms with Gasteiger partial charge in [0, 0.05) is 18.9 Å². The number of nitrogens with zero attached hydrogens (tertiary/aromatic N) is 3. The lowest BCUT2D eigenvalue weighted by Crippen LogP contribution is -2.28. The van der Waals surface area contributed by atoms with E-state index in [1.165, 1.54) is 48.6 Å². The first-order chi connectivity index (χ1) is 16.6. The maximum Gasteiger partial charge on any atom is 0.271 e. The molecule has 1 aliphatic heterocycles. The Morgan fingerprint density at radius 2 is 1.50 bits per heavy atom. The molecule has 0 bridgehead atoms. The Morgan fingerprint density at radius 3 is 2.06 bits per heavy atom. The maximum absolute atomic E-state index is 13.5. The number of hydrogen-bond donors (Lipinski definition) is 0. The van der Waals surface area contributed by atoms with Crippen LogP contribution in [0.3, 0.4) is 0 Å². The van der Waals surface area contributed by atoms with Gasteiger partial charge in [-0.3, -0.25) is 9.69 Å². The average molecular weight is 472 g/mol. The second-order valence-corrected chi connectivity index (χ2v) is 9.74. The number of amides is 1. The first-order valence-corrected chi connectivity index (χ1v) is 13.0. The molecule has 0 radical (unpaired) electrons. The highest BCUT2D eigenvalue weighted by Gasteiger charge is 2.35. The molecule has 4 rings (SSSR count). The third kappa shape index (κ3) is 5.71. The molecule has 2 heterocycles. The summed E-state index contributed by atoms with van der Waals surface area (Å²) in [4.78, 5) is 20.8. The van der Waals surface area contributed by atoms with Gasteiger partial charge >= 0.3 is 0 Å². The largest absolute Gasteiger partial charge is 0.351 e. The molecular formula is C29H33N3OS. The standard InChI is InChI=1S/C29H33N3OS/c1-4-6-9-22-12-16-24(17-13-22)30-29-32(25-18-14-23(15-19-25)10-7-5-2)28(33)27(34-29)21-26-11-8-20-31(26)3/h8,11-21H,4-7,9-10H2,1-3H3/b27-21+,30-29?. The molecule has 3 aromatic rings. The van der Waals surface area contributed by atoms with E-state index in [4.69, 9.17) is 4.99 Å². The summed E-state index contributed by atoms with van der Waals surface area (Å²) in [5.74, 6) is -0.0363. The number of thioether (sulfide) groups is 1. The van der Waals surface area contributed by atoms with E-state index in [0.29, 0.717) is 10.1 Å². The van der Waals surface area contributed by atoms with Crippen molar-refractivity contribution in [3.63, 3.8) is 0 Å². The van der Waals surface area contributed by atoms with Crippen molar-refractivity contribution in [2.24, 2.45) is 12.0 Å². The van der Waals surface area contributed by atoms with Gasteiger partial charge in [-0.05, 0) is 91.0 Å². The van der Waals surface area contributed by atoms with Gasteiger partial charge in [0.1, 0.15) is 0 Å². The monoisotopic (exact) mass is 471 g/mol. The zero-order valence-corrected chi connectivity index (χ0v) is 21.1. The van der Waals surface area contributed by atoms with Crippen molar-refractivity contribution in [1.29, 1.82) is 0 Å². The number of unbranched alkanes of at least 4 members (excludes halogenated alkanes) is 2. The van der Waals surface area contributed by atoms with Gasteiger partial charge in [-0.2, -0.15) is 0 Å². The number of aryl methyl sites for hydroxylation is 3. The fraction of sp³-hybridized carbons (Fsp3) is 0.310. The Kier molecular flexibility index (Phi) is 8.07. The minimum absolute atomic E-state index is 0.0363. The van der Waals surface area contributed by atoms with Gasteiger partial charge in [-0.25, -0.2) is 4.99 Å². The van der Waals surface area contributed by atoms with Gasteiger partial charge in [-0.1, -0.05) is 51.0 Å². The van der Waals surface area contributed by atoms with Crippen LogP contribution >= 0.6 is 11.8 Å². The van der Waals surface area contributed by atoms with E-state index in [0.717, 1.165) is 29.9 Å². The summed E-state index contributed by atoms with van der Waals surface area (Å²) in [6.45, 7) is 4.41. The molecule has 1 amide bonds. The van der Waals surface area contributed by atoms with Crippen molar-refractivity contribution in [2.45, 2.75) is 52.4 Å². The first-order valence-electron chi connectivity index (χ1n) is 12.2. The number of benzene rings is 2. The minimum Gasteiger partial charge on any atom is -0.351 e. The molecule has 1 aliphatic rings. The van der Waals surface area contributed by atoms with E-state index in [1.807, 2.05) is 60.3 Å². The van der Waals surface area contributed by atoms with Gasteiger partial charge in [-0.15, -0.1) is 0 Å². The Morgan fingerprint density at radius 1 is 0.882 bits per heavy atom. The van der Waals surface area contributed by atoms with Crippen LogP contribution in [0.4, 0.5) is 11.4 Å². The van der Waals surface area contributed by atoms with Crippen LogP contribution in [0.2, 0.25) is 0 Å². The second-order valence-electron chi connectivity index (χ2n) is 8.73. The molecule has 2 aromatic carbocycles. The smallest absolute Gasteiger partial charge is 0.271 e. The minimum atomic E-state index is -0.0363. The highest BCUT2D eigenvalue weighted by atomic mass is 32.2. The Balaban J connectivity index is 1.66. The zero-order valence-electron chi connectivity index (χ0n) is 20.3. The van der Waals surface area contributed by atoms with Crippen LogP contribution in [0, 0.1) is 0 Å². The fourth-order valence-corrected chi connectivity index (χ4v) is 4.94. The summed E-state index contributed by atoms with van der Waals surface area (Å²) < 4.78 is 2.01. The normalized spacial score (nSPS) is 16.2. The van der Waals surface area contributed by atoms with Crippen LogP contribution < -0.4 is 4.90 Å². The number of amidine groups is 1. The van der Waals surface area contributed by atoms with Crippen LogP contribution in [-0.4, -0.2) is 15.6 Å². The number of aromatic nitrogens is 1. The SMILES string of the molecule is CCCCc1ccc(N=C2S/C(=C/c3cccn3C)C(=O)N2c2ccc(CCCC)cc2)cc1. The van der Waals surface area contributed by atoms with Crippen LogP contribution in [0.5, 0.6) is 0 Å². The van der Waals surface area contributed by atoms with Crippen molar-refractivity contribution in [2.75, 3.05) is 4.90 Å². The number of hydrogen-bond acceptors (Lipinski definition) is 3. The average Bonchev–Trinajstić information content (AvgIpc) is 3.40. The number of carbonyl (C=O) groups is 1. The molecule has 4 nitrogen and oxygen atoms in total. The van der Waals surface area contributed by atoms with Crippen LogP contribution in [-0.2, 0) is 24.7 Å². The number of carbonyl (C=O) groups excluding carboxylic acids is 1. The highest BCUT2D eigenvalue weighted by molar-refractivity contribution is 8.19. The van der Waals surface area contributed by atoms with E-state index in [9.17, 15) is 4.79 Å². The van der Waals surface area contributed by atoms with E-state index in [2.05, 4.69) is 38.1 Å². The molecule has 1 saturated heterocycles. The van der Waals surface area contributed by atoms with Crippen LogP contribution in [0.1, 0.15) is 56.4 Å². The summed E-state index contributed by atoms with van der Waals surface area (Å²) >= 11 is 1.43. The van der Waals surface area contributed by atoms with Crippen molar-refractivity contribution in [3.8, 4) is 0 Å². The molecule has 34 heavy (non-hydrogen) atoms. The molecule has 0 N–H and O–H groups in total. The third-order valence-corrected chi connectivity index (χ3v) is 7.03. The van der Waals surface area contributed by atoms with E-state index < -0.39 is 0 Å². The topological polar surface area (TPSA) is 37.6 Å². The number of anilines is 1. The van der Waals surface area contributed by atoms with Gasteiger partial charge in [0.2, 0.25) is 0 Å². The molecule has 5 heteroatoms. The lowest BCUT2D eigenvalue weighted by Gasteiger charge is -2.16. The third-order valence-electron chi connectivity index (χ3n) is 6.06. The molecule has 0 spiro atoms. The summed E-state index contributed by atoms with van der Waals surface area (Å²) in [7, 11) is 1.98. The molecule has 0 atom stereocenters. The van der Waals surface area contributed by atoms with Crippen molar-refractivity contribution >= 4 is 40.3 Å². The van der Waals surface area contributed by atoms with E-state index in [1.54, 1.807) is 4.90 Å². The molecule has 1 aromatic heterocycles. The lowest BCUT2D eigenvalue weighted by molar-refractivity contribution is -0.113. The Hall–Kier alpha value is -3.05. The van der Waals surface area contributed by atoms with Gasteiger partial charge in [0.05, 0.1) is 16.3 Å². The molecule has 1 fully saturated rings. The zero-order chi connectivity index (χ0) is 23.9. The predicted molar refractivity (Wildman–Crippen MR) is 146 cm³/mol. The van der Waals surface area contributed by atoms with Crippen LogP contribution in [0.15, 0.2) is 76.8 Å². The second kappa shape index (κ2) is 11.4. The van der Waals surface area contributed by atoms with Gasteiger partial charge in [0.15, 0.2) is 5.17 Å². The number of rotatable bonds is 9. The first kappa shape index (κ1) is 24.1. The van der Waals surface area contributed by atoms with Gasteiger partial charge < -0.3 is 4.57 Å². The number of aliphatic imine (C=N–C) groups is 1. The molecule has 0 saturated carbocycles. The Bertz CT molecular complexity index is 1170. The Labute approximate surface area is 207 Å². The van der Waals surface area contributed by atoms with E-state index in [-0.39, 0.29) is 5.91 Å². The lowest BCUT2D eigenvalue weighted by atomic mass is 10.1. The summed E-state index contributed by atoms with van der Waals surface area (Å²) in [5.41, 5.74) is 5.33. The quantitative estimate of drug-likeness (QED) is 0.303. The molecule has 0 unspecified atom stereocenters. The van der Waals surface area contributed by atoms with Crippen molar-refractivity contribution in [3.05, 3.63) is 88.6 Å². The summed E-state index contributed by atoms with van der Waals surface area (Å²) in [6, 6.07) is 20.7. The maximum atomic E-state index is 13.5. The van der Waals surface area contributed by atoms with E-state index >= 15 is 0 Å². The highest BCUT2D eigenvalue weighted by Crippen LogP contribution is 2.37.